The summed E-state index contributed by atoms with van der Waals surface area (Å²) >= 11 is 0. The maximum Gasteiger partial charge on any atom is 0.208 e. The first-order chi connectivity index (χ1) is 10.5. The van der Waals surface area contributed by atoms with Gasteiger partial charge in [0.1, 0.15) is 0 Å². The Hall–Kier alpha value is -1.11. The highest BCUT2D eigenvalue weighted by atomic mass is 32.2. The number of nitrogens with zero attached hydrogens (tertiary/aromatic N) is 2. The van der Waals surface area contributed by atoms with Crippen LogP contribution in [0.3, 0.4) is 0 Å². The van der Waals surface area contributed by atoms with E-state index in [0.717, 1.165) is 26.1 Å². The van der Waals surface area contributed by atoms with Crippen LogP contribution < -0.4 is 9.62 Å². The Morgan fingerprint density at radius 3 is 2.73 bits per heavy atom. The number of rotatable bonds is 7. The van der Waals surface area contributed by atoms with E-state index in [1.807, 2.05) is 6.07 Å². The van der Waals surface area contributed by atoms with Crippen molar-refractivity contribution in [2.75, 3.05) is 44.4 Å². The summed E-state index contributed by atoms with van der Waals surface area (Å²) in [6.07, 6.45) is 4.45. The quantitative estimate of drug-likeness (QED) is 0.773. The molecule has 0 saturated carbocycles. The highest BCUT2D eigenvalue weighted by Crippen LogP contribution is 2.21. The van der Waals surface area contributed by atoms with Crippen LogP contribution in [0.5, 0.6) is 0 Å². The van der Waals surface area contributed by atoms with Crippen molar-refractivity contribution in [3.63, 3.8) is 0 Å². The average molecular weight is 325 g/mol. The monoisotopic (exact) mass is 325 g/mol. The van der Waals surface area contributed by atoms with Gasteiger partial charge in [-0.25, -0.2) is 13.1 Å². The molecule has 1 fully saturated rings. The molecule has 6 heteroatoms. The molecule has 0 unspecified atom stereocenters. The topological polar surface area (TPSA) is 52.7 Å². The van der Waals surface area contributed by atoms with Crippen molar-refractivity contribution in [3.8, 4) is 0 Å². The molecule has 1 aromatic carbocycles. The zero-order chi connectivity index (χ0) is 16.0. The molecule has 1 aliphatic heterocycles. The molecule has 1 N–H and O–H groups in total. The standard InChI is InChI=1S/C16H27N3O2S/c1-18(12-7-11-17-22(2,20)21)16-10-6-13-19(14-16)15-8-4-3-5-9-15/h3-5,8-9,16-17H,6-7,10-14H2,1-2H3/t16-/m0/s1. The van der Waals surface area contributed by atoms with Gasteiger partial charge in [0.15, 0.2) is 0 Å². The van der Waals surface area contributed by atoms with E-state index in [9.17, 15) is 8.42 Å². The zero-order valence-electron chi connectivity index (χ0n) is 13.5. The molecule has 1 heterocycles. The summed E-state index contributed by atoms with van der Waals surface area (Å²) in [5.41, 5.74) is 1.29. The first kappa shape index (κ1) is 17.2. The summed E-state index contributed by atoms with van der Waals surface area (Å²) in [4.78, 5) is 4.80. The molecule has 0 radical (unpaired) electrons. The minimum absolute atomic E-state index is 0.512. The second-order valence-corrected chi connectivity index (χ2v) is 7.91. The predicted molar refractivity (Wildman–Crippen MR) is 91.8 cm³/mol. The van der Waals surface area contributed by atoms with Crippen LogP contribution in [0.1, 0.15) is 19.3 Å². The van der Waals surface area contributed by atoms with Gasteiger partial charge < -0.3 is 9.80 Å². The van der Waals surface area contributed by atoms with Crippen molar-refractivity contribution in [2.24, 2.45) is 0 Å². The second kappa shape index (κ2) is 7.94. The molecule has 1 aliphatic rings. The number of hydrogen-bond acceptors (Lipinski definition) is 4. The third-order valence-electron chi connectivity index (χ3n) is 4.19. The molecule has 22 heavy (non-hydrogen) atoms. The summed E-state index contributed by atoms with van der Waals surface area (Å²) in [5.74, 6) is 0. The summed E-state index contributed by atoms with van der Waals surface area (Å²) in [6, 6.07) is 11.1. The smallest absolute Gasteiger partial charge is 0.208 e. The molecular weight excluding hydrogens is 298 g/mol. The van der Waals surface area contributed by atoms with E-state index in [0.29, 0.717) is 12.6 Å². The van der Waals surface area contributed by atoms with E-state index in [1.54, 1.807) is 0 Å². The van der Waals surface area contributed by atoms with Gasteiger partial charge in [-0.15, -0.1) is 0 Å². The van der Waals surface area contributed by atoms with Crippen LogP contribution in [0.2, 0.25) is 0 Å². The fourth-order valence-corrected chi connectivity index (χ4v) is 3.47. The maximum atomic E-state index is 11.0. The van der Waals surface area contributed by atoms with Crippen molar-refractivity contribution in [2.45, 2.75) is 25.3 Å². The fraction of sp³-hybridized carbons (Fsp3) is 0.625. The lowest BCUT2D eigenvalue weighted by molar-refractivity contribution is 0.214. The fourth-order valence-electron chi connectivity index (χ4n) is 2.96. The average Bonchev–Trinajstić information content (AvgIpc) is 2.51. The Bertz CT molecular complexity index is 548. The molecule has 0 spiro atoms. The van der Waals surface area contributed by atoms with Gasteiger partial charge in [-0.1, -0.05) is 18.2 Å². The van der Waals surface area contributed by atoms with E-state index < -0.39 is 10.0 Å². The van der Waals surface area contributed by atoms with Crippen LogP contribution in [0.15, 0.2) is 30.3 Å². The molecule has 0 aromatic heterocycles. The highest BCUT2D eigenvalue weighted by Gasteiger charge is 2.23. The molecule has 1 aromatic rings. The predicted octanol–water partition coefficient (Wildman–Crippen LogP) is 1.53. The first-order valence-electron chi connectivity index (χ1n) is 7.90. The normalized spacial score (nSPS) is 19.6. The van der Waals surface area contributed by atoms with Gasteiger partial charge in [0.2, 0.25) is 10.0 Å². The van der Waals surface area contributed by atoms with Crippen molar-refractivity contribution >= 4 is 15.7 Å². The summed E-state index contributed by atoms with van der Waals surface area (Å²) in [7, 11) is -0.930. The van der Waals surface area contributed by atoms with Crippen molar-refractivity contribution in [1.29, 1.82) is 0 Å². The third-order valence-corrected chi connectivity index (χ3v) is 4.92. The van der Waals surface area contributed by atoms with Gasteiger partial charge in [-0.05, 0) is 45.0 Å². The lowest BCUT2D eigenvalue weighted by atomic mass is 10.0. The van der Waals surface area contributed by atoms with Crippen LogP contribution >= 0.6 is 0 Å². The minimum Gasteiger partial charge on any atom is -0.370 e. The lowest BCUT2D eigenvalue weighted by Gasteiger charge is -2.39. The minimum atomic E-state index is -3.07. The number of hydrogen-bond donors (Lipinski definition) is 1. The number of piperidine rings is 1. The second-order valence-electron chi connectivity index (χ2n) is 6.08. The molecule has 1 saturated heterocycles. The van der Waals surface area contributed by atoms with Crippen LogP contribution in [-0.4, -0.2) is 58.8 Å². The number of benzene rings is 1. The summed E-state index contributed by atoms with van der Waals surface area (Å²) < 4.78 is 24.6. The van der Waals surface area contributed by atoms with Crippen LogP contribution in [0, 0.1) is 0 Å². The van der Waals surface area contributed by atoms with E-state index in [2.05, 4.69) is 45.8 Å². The third kappa shape index (κ3) is 5.59. The molecule has 5 nitrogen and oxygen atoms in total. The van der Waals surface area contributed by atoms with Gasteiger partial charge in [0, 0.05) is 31.4 Å². The van der Waals surface area contributed by atoms with Gasteiger partial charge in [-0.3, -0.25) is 0 Å². The number of sulfonamides is 1. The van der Waals surface area contributed by atoms with Crippen LogP contribution in [-0.2, 0) is 10.0 Å². The van der Waals surface area contributed by atoms with Gasteiger partial charge in [-0.2, -0.15) is 0 Å². The molecule has 0 bridgehead atoms. The van der Waals surface area contributed by atoms with Gasteiger partial charge in [0.25, 0.3) is 0 Å². The maximum absolute atomic E-state index is 11.0. The number of anilines is 1. The molecule has 1 atom stereocenters. The lowest BCUT2D eigenvalue weighted by Crippen LogP contribution is -2.47. The Kier molecular flexibility index (Phi) is 6.23. The van der Waals surface area contributed by atoms with Gasteiger partial charge in [0.05, 0.1) is 6.26 Å². The molecule has 2 rings (SSSR count). The first-order valence-corrected chi connectivity index (χ1v) is 9.80. The van der Waals surface area contributed by atoms with Crippen molar-refractivity contribution in [1.82, 2.24) is 9.62 Å². The molecule has 124 valence electrons. The molecular formula is C16H27N3O2S. The van der Waals surface area contributed by atoms with Crippen molar-refractivity contribution < 1.29 is 8.42 Å². The van der Waals surface area contributed by atoms with Crippen molar-refractivity contribution in [3.05, 3.63) is 30.3 Å². The summed E-state index contributed by atoms with van der Waals surface area (Å²) in [5, 5.41) is 0. The number of likely N-dealkylation sites (N-methyl/N-ethyl adjacent to an activating group) is 1. The SMILES string of the molecule is CN(CCCNS(C)(=O)=O)[C@H]1CCCN(c2ccccc2)C1. The van der Waals surface area contributed by atoms with Crippen LogP contribution in [0.25, 0.3) is 0 Å². The van der Waals surface area contributed by atoms with E-state index in [4.69, 9.17) is 0 Å². The van der Waals surface area contributed by atoms with Crippen LogP contribution in [0.4, 0.5) is 5.69 Å². The Morgan fingerprint density at radius 1 is 1.32 bits per heavy atom. The largest absolute Gasteiger partial charge is 0.370 e. The van der Waals surface area contributed by atoms with Gasteiger partial charge >= 0.3 is 0 Å². The van der Waals surface area contributed by atoms with E-state index in [-0.39, 0.29) is 0 Å². The number of para-hydroxylation sites is 1. The summed E-state index contributed by atoms with van der Waals surface area (Å²) in [6.45, 7) is 3.58. The van der Waals surface area contributed by atoms with E-state index in [1.165, 1.54) is 24.8 Å². The van der Waals surface area contributed by atoms with E-state index >= 15 is 0 Å². The Labute approximate surface area is 134 Å². The highest BCUT2D eigenvalue weighted by molar-refractivity contribution is 7.88. The Balaban J connectivity index is 1.79. The zero-order valence-corrected chi connectivity index (χ0v) is 14.3. The molecule has 0 aliphatic carbocycles. The molecule has 0 amide bonds. The Morgan fingerprint density at radius 2 is 2.05 bits per heavy atom. The number of nitrogens with one attached hydrogen (secondary N) is 1.